The Hall–Kier alpha value is -2.83. The number of nitrogens with zero attached hydrogens (tertiary/aromatic N) is 3. The quantitative estimate of drug-likeness (QED) is 0.898. The molecule has 0 spiro atoms. The van der Waals surface area contributed by atoms with E-state index in [0.717, 1.165) is 17.1 Å². The predicted molar refractivity (Wildman–Crippen MR) is 94.0 cm³/mol. The van der Waals surface area contributed by atoms with Gasteiger partial charge in [0, 0.05) is 24.5 Å². The molecule has 1 saturated heterocycles. The fourth-order valence-electron chi connectivity index (χ4n) is 3.17. The highest BCUT2D eigenvalue weighted by Gasteiger charge is 2.28. The van der Waals surface area contributed by atoms with E-state index in [1.54, 1.807) is 4.90 Å². The van der Waals surface area contributed by atoms with Gasteiger partial charge in [0.05, 0.1) is 17.3 Å². The molecule has 0 aliphatic carbocycles. The van der Waals surface area contributed by atoms with Crippen LogP contribution in [-0.4, -0.2) is 44.9 Å². The first-order valence-corrected chi connectivity index (χ1v) is 8.36. The van der Waals surface area contributed by atoms with Gasteiger partial charge in [-0.1, -0.05) is 6.07 Å². The van der Waals surface area contributed by atoms with Crippen LogP contribution < -0.4 is 5.32 Å². The molecule has 0 bridgehead atoms. The van der Waals surface area contributed by atoms with E-state index in [0.29, 0.717) is 25.1 Å². The number of carboxylic acid groups (broad SMARTS) is 1. The normalized spacial score (nSPS) is 17.4. The van der Waals surface area contributed by atoms with Gasteiger partial charge >= 0.3 is 12.0 Å². The van der Waals surface area contributed by atoms with Crippen molar-refractivity contribution in [3.05, 3.63) is 41.7 Å². The topological polar surface area (TPSA) is 87.5 Å². The number of hydrogen-bond acceptors (Lipinski definition) is 3. The van der Waals surface area contributed by atoms with E-state index in [2.05, 4.69) is 10.4 Å². The van der Waals surface area contributed by atoms with Crippen LogP contribution in [0.15, 0.2) is 30.3 Å². The molecule has 7 nitrogen and oxygen atoms in total. The first kappa shape index (κ1) is 17.0. The van der Waals surface area contributed by atoms with Crippen LogP contribution >= 0.6 is 0 Å². The summed E-state index contributed by atoms with van der Waals surface area (Å²) in [6.07, 6.45) is 1.32. The molecule has 1 unspecified atom stereocenters. The Morgan fingerprint density at radius 2 is 2.08 bits per heavy atom. The first-order chi connectivity index (χ1) is 11.9. The fraction of sp³-hybridized carbons (Fsp3) is 0.389. The minimum Gasteiger partial charge on any atom is -0.481 e. The molecule has 2 aromatic rings. The highest BCUT2D eigenvalue weighted by atomic mass is 16.4. The second-order valence-corrected chi connectivity index (χ2v) is 6.44. The molecule has 0 saturated carbocycles. The van der Waals surface area contributed by atoms with Crippen molar-refractivity contribution in [3.63, 3.8) is 0 Å². The Morgan fingerprint density at radius 3 is 2.76 bits per heavy atom. The van der Waals surface area contributed by atoms with Gasteiger partial charge in [-0.3, -0.25) is 4.79 Å². The van der Waals surface area contributed by atoms with Gasteiger partial charge in [0.25, 0.3) is 0 Å². The fourth-order valence-corrected chi connectivity index (χ4v) is 3.17. The SMILES string of the molecule is Cc1cc(C)n(-c2cccc(NC(=O)N3CCCC(C(=O)O)C3)c2)n1. The minimum absolute atomic E-state index is 0.248. The van der Waals surface area contributed by atoms with E-state index < -0.39 is 11.9 Å². The van der Waals surface area contributed by atoms with E-state index in [-0.39, 0.29) is 12.6 Å². The minimum atomic E-state index is -0.843. The van der Waals surface area contributed by atoms with E-state index in [1.165, 1.54) is 0 Å². The Kier molecular flexibility index (Phi) is 4.74. The average molecular weight is 342 g/mol. The maximum atomic E-state index is 12.5. The Morgan fingerprint density at radius 1 is 1.28 bits per heavy atom. The van der Waals surface area contributed by atoms with Crippen molar-refractivity contribution in [2.45, 2.75) is 26.7 Å². The molecule has 3 rings (SSSR count). The monoisotopic (exact) mass is 342 g/mol. The van der Waals surface area contributed by atoms with Crippen molar-refractivity contribution in [3.8, 4) is 5.69 Å². The van der Waals surface area contributed by atoms with Crippen molar-refractivity contribution >= 4 is 17.7 Å². The number of aryl methyl sites for hydroxylation is 2. The summed E-state index contributed by atoms with van der Waals surface area (Å²) in [5, 5.41) is 16.5. The summed E-state index contributed by atoms with van der Waals surface area (Å²) >= 11 is 0. The molecule has 25 heavy (non-hydrogen) atoms. The zero-order valence-corrected chi connectivity index (χ0v) is 14.4. The average Bonchev–Trinajstić information content (AvgIpc) is 2.93. The van der Waals surface area contributed by atoms with Crippen molar-refractivity contribution in [1.29, 1.82) is 0 Å². The van der Waals surface area contributed by atoms with Crippen LogP contribution in [0.25, 0.3) is 5.69 Å². The molecule has 1 aromatic heterocycles. The number of aromatic nitrogens is 2. The molecule has 1 aliphatic heterocycles. The lowest BCUT2D eigenvalue weighted by Gasteiger charge is -2.30. The van der Waals surface area contributed by atoms with Gasteiger partial charge in [-0.15, -0.1) is 0 Å². The summed E-state index contributed by atoms with van der Waals surface area (Å²) < 4.78 is 1.83. The number of likely N-dealkylation sites (tertiary alicyclic amines) is 1. The highest BCUT2D eigenvalue weighted by molar-refractivity contribution is 5.90. The van der Waals surface area contributed by atoms with E-state index in [4.69, 9.17) is 5.11 Å². The van der Waals surface area contributed by atoms with Crippen LogP contribution in [-0.2, 0) is 4.79 Å². The smallest absolute Gasteiger partial charge is 0.321 e. The molecule has 0 radical (unpaired) electrons. The lowest BCUT2D eigenvalue weighted by molar-refractivity contribution is -0.143. The zero-order chi connectivity index (χ0) is 18.0. The number of carbonyl (C=O) groups excluding carboxylic acids is 1. The Bertz CT molecular complexity index is 799. The summed E-state index contributed by atoms with van der Waals surface area (Å²) in [5.41, 5.74) is 3.47. The van der Waals surface area contributed by atoms with Gasteiger partial charge in [0.1, 0.15) is 0 Å². The molecule has 2 heterocycles. The number of carboxylic acids is 1. The molecule has 1 atom stereocenters. The van der Waals surface area contributed by atoms with Crippen molar-refractivity contribution in [1.82, 2.24) is 14.7 Å². The van der Waals surface area contributed by atoms with Gasteiger partial charge < -0.3 is 15.3 Å². The van der Waals surface area contributed by atoms with Crippen LogP contribution in [0.1, 0.15) is 24.2 Å². The second-order valence-electron chi connectivity index (χ2n) is 6.44. The standard InChI is InChI=1S/C18H22N4O3/c1-12-9-13(2)22(20-12)16-7-3-6-15(10-16)19-18(25)21-8-4-5-14(11-21)17(23)24/h3,6-7,9-10,14H,4-5,8,11H2,1-2H3,(H,19,25)(H,23,24). The number of aliphatic carboxylic acids is 1. The molecular weight excluding hydrogens is 320 g/mol. The second kappa shape index (κ2) is 6.96. The van der Waals surface area contributed by atoms with Gasteiger partial charge in [-0.2, -0.15) is 5.10 Å². The van der Waals surface area contributed by atoms with Crippen molar-refractivity contribution in [2.24, 2.45) is 5.92 Å². The summed E-state index contributed by atoms with van der Waals surface area (Å²) in [6.45, 7) is 4.74. The maximum Gasteiger partial charge on any atom is 0.321 e. The Labute approximate surface area is 146 Å². The van der Waals surface area contributed by atoms with E-state index in [1.807, 2.05) is 48.9 Å². The zero-order valence-electron chi connectivity index (χ0n) is 14.4. The van der Waals surface area contributed by atoms with Gasteiger partial charge in [0.2, 0.25) is 0 Å². The third kappa shape index (κ3) is 3.81. The molecule has 2 amide bonds. The Balaban J connectivity index is 1.73. The molecular formula is C18H22N4O3. The van der Waals surface area contributed by atoms with Crippen LogP contribution in [0, 0.1) is 19.8 Å². The summed E-state index contributed by atoms with van der Waals surface area (Å²) in [4.78, 5) is 25.2. The largest absolute Gasteiger partial charge is 0.481 e. The third-order valence-corrected chi connectivity index (χ3v) is 4.41. The number of anilines is 1. The number of benzene rings is 1. The molecule has 1 fully saturated rings. The van der Waals surface area contributed by atoms with E-state index in [9.17, 15) is 9.59 Å². The third-order valence-electron chi connectivity index (χ3n) is 4.41. The lowest BCUT2D eigenvalue weighted by atomic mass is 9.99. The number of carbonyl (C=O) groups is 2. The van der Waals surface area contributed by atoms with Gasteiger partial charge in [-0.05, 0) is 51.0 Å². The molecule has 132 valence electrons. The van der Waals surface area contributed by atoms with Crippen molar-refractivity contribution < 1.29 is 14.7 Å². The summed E-state index contributed by atoms with van der Waals surface area (Å²) in [7, 11) is 0. The molecule has 1 aliphatic rings. The first-order valence-electron chi connectivity index (χ1n) is 8.36. The molecule has 7 heteroatoms. The number of hydrogen-bond donors (Lipinski definition) is 2. The van der Waals surface area contributed by atoms with Gasteiger partial charge in [-0.25, -0.2) is 9.48 Å². The van der Waals surface area contributed by atoms with Crippen LogP contribution in [0.4, 0.5) is 10.5 Å². The highest BCUT2D eigenvalue weighted by Crippen LogP contribution is 2.20. The number of nitrogens with one attached hydrogen (secondary N) is 1. The molecule has 1 aromatic carbocycles. The number of piperidine rings is 1. The van der Waals surface area contributed by atoms with Crippen LogP contribution in [0.3, 0.4) is 0 Å². The number of rotatable bonds is 3. The summed E-state index contributed by atoms with van der Waals surface area (Å²) in [5.74, 6) is -1.33. The van der Waals surface area contributed by atoms with E-state index >= 15 is 0 Å². The number of amides is 2. The van der Waals surface area contributed by atoms with Crippen molar-refractivity contribution in [2.75, 3.05) is 18.4 Å². The maximum absolute atomic E-state index is 12.5. The predicted octanol–water partition coefficient (Wildman–Crippen LogP) is 2.82. The lowest BCUT2D eigenvalue weighted by Crippen LogP contribution is -2.44. The van der Waals surface area contributed by atoms with Crippen LogP contribution in [0.2, 0.25) is 0 Å². The van der Waals surface area contributed by atoms with Gasteiger partial charge in [0.15, 0.2) is 0 Å². The van der Waals surface area contributed by atoms with Crippen LogP contribution in [0.5, 0.6) is 0 Å². The number of urea groups is 1. The summed E-state index contributed by atoms with van der Waals surface area (Å²) in [6, 6.07) is 9.18. The molecule has 2 N–H and O–H groups in total.